The lowest BCUT2D eigenvalue weighted by Crippen LogP contribution is -2.33. The zero-order valence-corrected chi connectivity index (χ0v) is 10.7. The summed E-state index contributed by atoms with van der Waals surface area (Å²) < 4.78 is 50.6. The summed E-state index contributed by atoms with van der Waals surface area (Å²) >= 11 is 0. The van der Waals surface area contributed by atoms with Gasteiger partial charge in [-0.25, -0.2) is 4.79 Å². The number of hydrogen-bond acceptors (Lipinski definition) is 4. The Hall–Kier alpha value is -2.18. The van der Waals surface area contributed by atoms with Gasteiger partial charge in [0.05, 0.1) is 6.08 Å². The maximum Gasteiger partial charge on any atom is 0.573 e. The Morgan fingerprint density at radius 2 is 1.90 bits per heavy atom. The van der Waals surface area contributed by atoms with Crippen molar-refractivity contribution in [3.05, 3.63) is 35.9 Å². The molecule has 4 nitrogen and oxygen atoms in total. The van der Waals surface area contributed by atoms with E-state index in [0.717, 1.165) is 18.2 Å². The van der Waals surface area contributed by atoms with Gasteiger partial charge in [-0.3, -0.25) is 0 Å². The van der Waals surface area contributed by atoms with Gasteiger partial charge < -0.3 is 14.2 Å². The van der Waals surface area contributed by atoms with Crippen LogP contribution in [0.4, 0.5) is 13.2 Å². The molecule has 1 aliphatic rings. The van der Waals surface area contributed by atoms with Crippen molar-refractivity contribution in [2.24, 2.45) is 0 Å². The van der Waals surface area contributed by atoms with E-state index in [9.17, 15) is 18.0 Å². The van der Waals surface area contributed by atoms with Gasteiger partial charge in [0.25, 0.3) is 0 Å². The van der Waals surface area contributed by atoms with E-state index < -0.39 is 23.9 Å². The first kappa shape index (κ1) is 14.2. The molecule has 0 amide bonds. The largest absolute Gasteiger partial charge is 0.573 e. The maximum atomic E-state index is 12.2. The highest BCUT2D eigenvalue weighted by Crippen LogP contribution is 2.31. The van der Waals surface area contributed by atoms with Gasteiger partial charge >= 0.3 is 12.3 Å². The Morgan fingerprint density at radius 1 is 1.20 bits per heavy atom. The Morgan fingerprint density at radius 3 is 2.50 bits per heavy atom. The summed E-state index contributed by atoms with van der Waals surface area (Å²) in [7, 11) is 0. The number of cyclic esters (lactones) is 1. The number of benzene rings is 1. The molecule has 2 rings (SSSR count). The molecule has 0 N–H and O–H groups in total. The molecule has 0 aliphatic carbocycles. The quantitative estimate of drug-likeness (QED) is 0.784. The van der Waals surface area contributed by atoms with Gasteiger partial charge in [0.15, 0.2) is 0 Å². The third-order valence-corrected chi connectivity index (χ3v) is 2.30. The molecule has 108 valence electrons. The minimum absolute atomic E-state index is 0.124. The molecule has 0 saturated carbocycles. The highest BCUT2D eigenvalue weighted by atomic mass is 19.4. The van der Waals surface area contributed by atoms with Gasteiger partial charge in [-0.1, -0.05) is 12.1 Å². The number of ether oxygens (including phenoxy) is 3. The van der Waals surface area contributed by atoms with Crippen LogP contribution >= 0.6 is 0 Å². The van der Waals surface area contributed by atoms with Gasteiger partial charge in [0, 0.05) is 19.4 Å². The lowest BCUT2D eigenvalue weighted by atomic mass is 10.1. The molecule has 20 heavy (non-hydrogen) atoms. The molecular weight excluding hydrogens is 277 g/mol. The number of carbonyl (C=O) groups is 1. The van der Waals surface area contributed by atoms with Gasteiger partial charge in [-0.2, -0.15) is 0 Å². The number of hydrogen-bond donors (Lipinski definition) is 0. The van der Waals surface area contributed by atoms with Gasteiger partial charge in [-0.15, -0.1) is 13.2 Å². The van der Waals surface area contributed by atoms with Crippen LogP contribution in [0.2, 0.25) is 0 Å². The highest BCUT2D eigenvalue weighted by molar-refractivity contribution is 5.91. The summed E-state index contributed by atoms with van der Waals surface area (Å²) in [5.74, 6) is -2.07. The van der Waals surface area contributed by atoms with Crippen LogP contribution in [0.1, 0.15) is 19.4 Å². The average Bonchev–Trinajstić information content (AvgIpc) is 2.24. The summed E-state index contributed by atoms with van der Waals surface area (Å²) in [6.45, 7) is 3.04. The Labute approximate surface area is 112 Å². The molecule has 1 aromatic carbocycles. The molecule has 0 saturated heterocycles. The summed E-state index contributed by atoms with van der Waals surface area (Å²) in [5, 5.41) is 0. The summed E-state index contributed by atoms with van der Waals surface area (Å²) in [6.07, 6.45) is -3.71. The van der Waals surface area contributed by atoms with Crippen LogP contribution < -0.4 is 4.74 Å². The summed E-state index contributed by atoms with van der Waals surface area (Å²) in [6, 6.07) is 5.16. The average molecular weight is 288 g/mol. The van der Waals surface area contributed by atoms with E-state index in [2.05, 4.69) is 4.74 Å². The summed E-state index contributed by atoms with van der Waals surface area (Å²) in [5.41, 5.74) is 0.288. The van der Waals surface area contributed by atoms with Crippen LogP contribution in [0.25, 0.3) is 5.76 Å². The van der Waals surface area contributed by atoms with Gasteiger partial charge in [-0.05, 0) is 12.1 Å². The van der Waals surface area contributed by atoms with Crippen LogP contribution in [0.5, 0.6) is 5.75 Å². The number of carbonyl (C=O) groups excluding carboxylic acids is 1. The zero-order chi connectivity index (χ0) is 15.0. The fourth-order valence-corrected chi connectivity index (χ4v) is 1.68. The van der Waals surface area contributed by atoms with Crippen molar-refractivity contribution < 1.29 is 32.2 Å². The van der Waals surface area contributed by atoms with Crippen LogP contribution in [0, 0.1) is 0 Å². The Balaban J connectivity index is 2.29. The van der Waals surface area contributed by atoms with Crippen molar-refractivity contribution in [2.45, 2.75) is 26.0 Å². The second-order valence-corrected chi connectivity index (χ2v) is 4.51. The Bertz CT molecular complexity index is 561. The van der Waals surface area contributed by atoms with Crippen molar-refractivity contribution in [3.8, 4) is 5.75 Å². The topological polar surface area (TPSA) is 44.8 Å². The molecule has 0 fully saturated rings. The minimum atomic E-state index is -4.78. The molecule has 0 atom stereocenters. The molecular formula is C13H11F3O4. The fraction of sp³-hybridized carbons (Fsp3) is 0.308. The van der Waals surface area contributed by atoms with E-state index in [4.69, 9.17) is 9.47 Å². The summed E-state index contributed by atoms with van der Waals surface area (Å²) in [4.78, 5) is 11.4. The van der Waals surface area contributed by atoms with Crippen molar-refractivity contribution in [2.75, 3.05) is 0 Å². The van der Waals surface area contributed by atoms with E-state index >= 15 is 0 Å². The number of rotatable bonds is 2. The Kier molecular flexibility index (Phi) is 3.37. The van der Waals surface area contributed by atoms with Crippen molar-refractivity contribution in [1.29, 1.82) is 0 Å². The number of alkyl halides is 3. The molecule has 0 bridgehead atoms. The second kappa shape index (κ2) is 4.73. The lowest BCUT2D eigenvalue weighted by Gasteiger charge is -2.30. The standard InChI is InChI=1S/C13H11F3O4/c1-12(2)19-10(7-11(17)20-12)8-4-3-5-9(6-8)18-13(14,15)16/h3-7H,1-2H3. The molecule has 1 heterocycles. The van der Waals surface area contributed by atoms with Crippen LogP contribution in [-0.2, 0) is 14.3 Å². The first-order valence-corrected chi connectivity index (χ1v) is 5.64. The van der Waals surface area contributed by atoms with Gasteiger partial charge in [0.2, 0.25) is 5.79 Å². The normalized spacial score (nSPS) is 17.9. The van der Waals surface area contributed by atoms with Crippen LogP contribution in [-0.4, -0.2) is 18.1 Å². The van der Waals surface area contributed by atoms with Crippen LogP contribution in [0.15, 0.2) is 30.3 Å². The molecule has 0 unspecified atom stereocenters. The lowest BCUT2D eigenvalue weighted by molar-refractivity contribution is -0.274. The molecule has 0 spiro atoms. The minimum Gasteiger partial charge on any atom is -0.452 e. The molecule has 0 radical (unpaired) electrons. The fourth-order valence-electron chi connectivity index (χ4n) is 1.68. The molecule has 7 heteroatoms. The number of esters is 1. The molecule has 0 aromatic heterocycles. The van der Waals surface area contributed by atoms with Crippen LogP contribution in [0.3, 0.4) is 0 Å². The first-order valence-electron chi connectivity index (χ1n) is 5.64. The van der Waals surface area contributed by atoms with Gasteiger partial charge in [0.1, 0.15) is 11.5 Å². The SMILES string of the molecule is CC1(C)OC(=O)C=C(c2cccc(OC(F)(F)F)c2)O1. The first-order chi connectivity index (χ1) is 9.15. The van der Waals surface area contributed by atoms with E-state index in [1.165, 1.54) is 26.0 Å². The monoisotopic (exact) mass is 288 g/mol. The third-order valence-electron chi connectivity index (χ3n) is 2.30. The van der Waals surface area contributed by atoms with E-state index in [1.807, 2.05) is 0 Å². The van der Waals surface area contributed by atoms with E-state index in [-0.39, 0.29) is 11.3 Å². The number of halogens is 3. The van der Waals surface area contributed by atoms with Crippen molar-refractivity contribution >= 4 is 11.7 Å². The van der Waals surface area contributed by atoms with E-state index in [1.54, 1.807) is 0 Å². The molecule has 1 aromatic rings. The smallest absolute Gasteiger partial charge is 0.452 e. The third kappa shape index (κ3) is 3.66. The van der Waals surface area contributed by atoms with Crippen molar-refractivity contribution in [1.82, 2.24) is 0 Å². The maximum absolute atomic E-state index is 12.2. The predicted molar refractivity (Wildman–Crippen MR) is 62.4 cm³/mol. The van der Waals surface area contributed by atoms with E-state index in [0.29, 0.717) is 0 Å². The second-order valence-electron chi connectivity index (χ2n) is 4.51. The highest BCUT2D eigenvalue weighted by Gasteiger charge is 2.33. The molecule has 1 aliphatic heterocycles. The zero-order valence-electron chi connectivity index (χ0n) is 10.7. The van der Waals surface area contributed by atoms with Crippen molar-refractivity contribution in [3.63, 3.8) is 0 Å². The predicted octanol–water partition coefficient (Wildman–Crippen LogP) is 3.24.